The van der Waals surface area contributed by atoms with Crippen molar-refractivity contribution >= 4 is 23.7 Å². The number of aliphatic hydroxyl groups excluding tert-OH is 2. The molecule has 0 aromatic carbocycles. The molecule has 0 heterocycles. The Morgan fingerprint density at radius 3 is 2.57 bits per heavy atom. The number of esters is 1. The lowest BCUT2D eigenvalue weighted by molar-refractivity contribution is -0.140. The van der Waals surface area contributed by atoms with E-state index in [-0.39, 0.29) is 24.7 Å². The molecule has 0 aliphatic heterocycles. The number of hydrogen-bond acceptors (Lipinski definition) is 6. The maximum absolute atomic E-state index is 12.0. The molecule has 0 fully saturated rings. The van der Waals surface area contributed by atoms with Crippen LogP contribution in [0.3, 0.4) is 0 Å². The SMILES string of the molecule is CCCCC[C@H](O)C=C[C@@H]1C(SCCCCCC(=O)O)=C(OC(=O)CCC)C[C@H]1O. The largest absolute Gasteiger partial charge is 0.481 e. The lowest BCUT2D eigenvalue weighted by atomic mass is 10.0. The van der Waals surface area contributed by atoms with Gasteiger partial charge < -0.3 is 20.1 Å². The highest BCUT2D eigenvalue weighted by atomic mass is 32.2. The van der Waals surface area contributed by atoms with E-state index in [9.17, 15) is 19.8 Å². The van der Waals surface area contributed by atoms with Gasteiger partial charge in [0.25, 0.3) is 0 Å². The first kappa shape index (κ1) is 26.7. The van der Waals surface area contributed by atoms with Crippen LogP contribution in [0, 0.1) is 5.92 Å². The molecule has 3 atom stereocenters. The van der Waals surface area contributed by atoms with Crippen molar-refractivity contribution in [2.24, 2.45) is 5.92 Å². The molecule has 0 bridgehead atoms. The van der Waals surface area contributed by atoms with Crippen molar-refractivity contribution in [1.29, 1.82) is 0 Å². The second kappa shape index (κ2) is 15.5. The standard InChI is InChI=1S/C23H38O6S/c1-3-5-7-11-17(24)13-14-18-19(25)16-20(29-22(28)10-4-2)23(18)30-15-9-6-8-12-21(26)27/h13-14,17-19,24-25H,3-12,15-16H2,1-2H3,(H,26,27)/t17-,18-,19+/m0/s1. The van der Waals surface area contributed by atoms with Gasteiger partial charge in [0.1, 0.15) is 5.76 Å². The summed E-state index contributed by atoms with van der Waals surface area (Å²) < 4.78 is 5.55. The van der Waals surface area contributed by atoms with E-state index in [1.165, 1.54) is 0 Å². The zero-order valence-corrected chi connectivity index (χ0v) is 19.2. The highest BCUT2D eigenvalue weighted by Crippen LogP contribution is 2.41. The van der Waals surface area contributed by atoms with Crippen molar-refractivity contribution in [3.63, 3.8) is 0 Å². The van der Waals surface area contributed by atoms with Gasteiger partial charge in [0, 0.05) is 30.1 Å². The van der Waals surface area contributed by atoms with Crippen molar-refractivity contribution in [2.45, 2.75) is 96.7 Å². The normalized spacial score (nSPS) is 20.1. The van der Waals surface area contributed by atoms with Crippen molar-refractivity contribution in [3.8, 4) is 0 Å². The van der Waals surface area contributed by atoms with Gasteiger partial charge in [-0.25, -0.2) is 0 Å². The molecule has 0 saturated carbocycles. The summed E-state index contributed by atoms with van der Waals surface area (Å²) in [6.07, 6.45) is 10.0. The van der Waals surface area contributed by atoms with E-state index in [1.54, 1.807) is 17.8 Å². The summed E-state index contributed by atoms with van der Waals surface area (Å²) in [5, 5.41) is 29.5. The summed E-state index contributed by atoms with van der Waals surface area (Å²) in [5.41, 5.74) is 0. The number of aliphatic carboxylic acids is 1. The molecule has 0 saturated heterocycles. The van der Waals surface area contributed by atoms with E-state index in [0.29, 0.717) is 31.4 Å². The predicted octanol–water partition coefficient (Wildman–Crippen LogP) is 4.80. The minimum absolute atomic E-state index is 0.174. The molecule has 0 spiro atoms. The quantitative estimate of drug-likeness (QED) is 0.179. The highest BCUT2D eigenvalue weighted by molar-refractivity contribution is 8.03. The zero-order valence-electron chi connectivity index (χ0n) is 18.3. The van der Waals surface area contributed by atoms with E-state index in [1.807, 2.05) is 13.0 Å². The molecule has 0 aromatic rings. The summed E-state index contributed by atoms with van der Waals surface area (Å²) in [6, 6.07) is 0. The van der Waals surface area contributed by atoms with Crippen LogP contribution in [0.15, 0.2) is 22.8 Å². The first-order valence-electron chi connectivity index (χ1n) is 11.2. The van der Waals surface area contributed by atoms with Gasteiger partial charge in [-0.1, -0.05) is 51.7 Å². The van der Waals surface area contributed by atoms with E-state index in [2.05, 4.69) is 6.92 Å². The molecule has 1 rings (SSSR count). The van der Waals surface area contributed by atoms with Gasteiger partial charge in [-0.05, 0) is 31.4 Å². The maximum atomic E-state index is 12.0. The number of carbonyl (C=O) groups excluding carboxylic acids is 1. The molecule has 3 N–H and O–H groups in total. The number of rotatable bonds is 16. The second-order valence-electron chi connectivity index (χ2n) is 7.81. The van der Waals surface area contributed by atoms with Crippen LogP contribution < -0.4 is 0 Å². The van der Waals surface area contributed by atoms with Crippen LogP contribution in [0.4, 0.5) is 0 Å². The van der Waals surface area contributed by atoms with E-state index < -0.39 is 18.2 Å². The molecule has 7 heteroatoms. The number of unbranched alkanes of at least 4 members (excludes halogenated alkanes) is 4. The molecular formula is C23H38O6S. The predicted molar refractivity (Wildman–Crippen MR) is 120 cm³/mol. The Hall–Kier alpha value is -1.31. The molecule has 0 radical (unpaired) electrons. The van der Waals surface area contributed by atoms with Crippen molar-refractivity contribution in [2.75, 3.05) is 5.75 Å². The molecule has 0 aromatic heterocycles. The van der Waals surface area contributed by atoms with Crippen molar-refractivity contribution in [1.82, 2.24) is 0 Å². The number of hydrogen-bond donors (Lipinski definition) is 3. The zero-order chi connectivity index (χ0) is 22.4. The Balaban J connectivity index is 2.74. The fourth-order valence-electron chi connectivity index (χ4n) is 3.34. The lowest BCUT2D eigenvalue weighted by Gasteiger charge is -2.15. The number of carbonyl (C=O) groups is 2. The Morgan fingerprint density at radius 2 is 1.90 bits per heavy atom. The van der Waals surface area contributed by atoms with Gasteiger partial charge in [-0.15, -0.1) is 11.8 Å². The van der Waals surface area contributed by atoms with Crippen LogP contribution in [0.25, 0.3) is 0 Å². The molecule has 0 amide bonds. The number of thioether (sulfide) groups is 1. The summed E-state index contributed by atoms with van der Waals surface area (Å²) in [7, 11) is 0. The number of carboxylic acids is 1. The van der Waals surface area contributed by atoms with Gasteiger partial charge in [0.2, 0.25) is 0 Å². The van der Waals surface area contributed by atoms with Gasteiger partial charge >= 0.3 is 11.9 Å². The van der Waals surface area contributed by atoms with Crippen LogP contribution >= 0.6 is 11.8 Å². The smallest absolute Gasteiger partial charge is 0.310 e. The van der Waals surface area contributed by atoms with Crippen LogP contribution in [-0.4, -0.2) is 45.2 Å². The topological polar surface area (TPSA) is 104 Å². The minimum Gasteiger partial charge on any atom is -0.481 e. The first-order valence-corrected chi connectivity index (χ1v) is 12.2. The van der Waals surface area contributed by atoms with Crippen molar-refractivity contribution < 1.29 is 29.6 Å². The summed E-state index contributed by atoms with van der Waals surface area (Å²) in [6.45, 7) is 4.03. The summed E-state index contributed by atoms with van der Waals surface area (Å²) >= 11 is 1.56. The number of carboxylic acid groups (broad SMARTS) is 1. The average molecular weight is 443 g/mol. The molecule has 0 unspecified atom stereocenters. The lowest BCUT2D eigenvalue weighted by Crippen LogP contribution is -2.14. The fourth-order valence-corrected chi connectivity index (χ4v) is 4.62. The Labute approximate surface area is 184 Å². The molecule has 6 nitrogen and oxygen atoms in total. The van der Waals surface area contributed by atoms with E-state index >= 15 is 0 Å². The number of aliphatic hydroxyl groups is 2. The second-order valence-corrected chi connectivity index (χ2v) is 8.95. The highest BCUT2D eigenvalue weighted by Gasteiger charge is 2.34. The monoisotopic (exact) mass is 442 g/mol. The van der Waals surface area contributed by atoms with Gasteiger partial charge in [-0.2, -0.15) is 0 Å². The fraction of sp³-hybridized carbons (Fsp3) is 0.739. The Kier molecular flexibility index (Phi) is 13.8. The molecule has 1 aliphatic carbocycles. The molecular weight excluding hydrogens is 404 g/mol. The molecule has 172 valence electrons. The number of ether oxygens (including phenoxy) is 1. The van der Waals surface area contributed by atoms with Crippen molar-refractivity contribution in [3.05, 3.63) is 22.8 Å². The Morgan fingerprint density at radius 1 is 1.13 bits per heavy atom. The third-order valence-corrected chi connectivity index (χ3v) is 6.32. The van der Waals surface area contributed by atoms with Crippen LogP contribution in [0.5, 0.6) is 0 Å². The summed E-state index contributed by atoms with van der Waals surface area (Å²) in [4.78, 5) is 23.5. The molecule has 30 heavy (non-hydrogen) atoms. The van der Waals surface area contributed by atoms with Crippen LogP contribution in [0.1, 0.15) is 84.5 Å². The van der Waals surface area contributed by atoms with Gasteiger partial charge in [-0.3, -0.25) is 9.59 Å². The van der Waals surface area contributed by atoms with Crippen LogP contribution in [-0.2, 0) is 14.3 Å². The third-order valence-electron chi connectivity index (χ3n) is 5.01. The van der Waals surface area contributed by atoms with Crippen LogP contribution in [0.2, 0.25) is 0 Å². The summed E-state index contributed by atoms with van der Waals surface area (Å²) in [5.74, 6) is -0.0636. The van der Waals surface area contributed by atoms with E-state index in [4.69, 9.17) is 9.84 Å². The van der Waals surface area contributed by atoms with Gasteiger partial charge in [0.15, 0.2) is 0 Å². The maximum Gasteiger partial charge on any atom is 0.310 e. The minimum atomic E-state index is -0.780. The van der Waals surface area contributed by atoms with Gasteiger partial charge in [0.05, 0.1) is 12.2 Å². The third kappa shape index (κ3) is 10.6. The molecule has 1 aliphatic rings. The first-order chi connectivity index (χ1) is 14.4. The average Bonchev–Trinajstić information content (AvgIpc) is 2.97. The Bertz CT molecular complexity index is 586. The van der Waals surface area contributed by atoms with E-state index in [0.717, 1.165) is 42.8 Å².